The van der Waals surface area contributed by atoms with E-state index in [4.69, 9.17) is 26.3 Å². The van der Waals surface area contributed by atoms with Crippen molar-refractivity contribution in [3.05, 3.63) is 72.3 Å². The summed E-state index contributed by atoms with van der Waals surface area (Å²) in [7, 11) is 0. The Morgan fingerprint density at radius 2 is 1.33 bits per heavy atom. The van der Waals surface area contributed by atoms with E-state index >= 15 is 0 Å². The van der Waals surface area contributed by atoms with Gasteiger partial charge in [-0.1, -0.05) is 30.3 Å². The fourth-order valence-electron chi connectivity index (χ4n) is 4.14. The van der Waals surface area contributed by atoms with Crippen LogP contribution >= 0.6 is 45.3 Å². The van der Waals surface area contributed by atoms with E-state index in [-0.39, 0.29) is 18.2 Å². The van der Waals surface area contributed by atoms with Crippen LogP contribution in [0.5, 0.6) is 0 Å². The van der Waals surface area contributed by atoms with Crippen molar-refractivity contribution in [3.63, 3.8) is 0 Å². The molecule has 0 aliphatic carbocycles. The Labute approximate surface area is 254 Å². The van der Waals surface area contributed by atoms with Crippen LogP contribution < -0.4 is 5.73 Å². The van der Waals surface area contributed by atoms with E-state index in [2.05, 4.69) is 9.98 Å². The maximum absolute atomic E-state index is 13.6. The maximum Gasteiger partial charge on any atom is 0.419 e. The van der Waals surface area contributed by atoms with E-state index in [9.17, 15) is 4.79 Å². The van der Waals surface area contributed by atoms with Crippen molar-refractivity contribution >= 4 is 93.4 Å². The standard InChI is InChI=1S/C29H15N7O2S4/c30-12-17(13-31)34-25-8-6-20(39-25)22-10-18-27(41-22)28-19(36(18)29(37)38-15-16-4-2-1-3-5-16)11-23(42-28)21-7-9-26(40-21)35-24(33)14-32/h1-11H,15H2,(H2,33,35). The van der Waals surface area contributed by atoms with Crippen LogP contribution in [0.3, 0.4) is 0 Å². The molecule has 6 aromatic rings. The highest BCUT2D eigenvalue weighted by Crippen LogP contribution is 2.48. The first-order valence-electron chi connectivity index (χ1n) is 12.1. The number of benzene rings is 1. The summed E-state index contributed by atoms with van der Waals surface area (Å²) in [5, 5.41) is 28.2. The number of nitrogens with two attached hydrogens (primary N) is 1. The second-order valence-corrected chi connectivity index (χ2v) is 12.8. The van der Waals surface area contributed by atoms with Gasteiger partial charge in [0.05, 0.1) is 20.4 Å². The first-order chi connectivity index (χ1) is 20.5. The first kappa shape index (κ1) is 27.1. The van der Waals surface area contributed by atoms with Crippen molar-refractivity contribution in [3.8, 4) is 37.7 Å². The molecule has 202 valence electrons. The Morgan fingerprint density at radius 3 is 1.88 bits per heavy atom. The molecule has 0 spiro atoms. The van der Waals surface area contributed by atoms with Gasteiger partial charge in [-0.2, -0.15) is 15.8 Å². The molecule has 0 unspecified atom stereocenters. The van der Waals surface area contributed by atoms with Gasteiger partial charge in [-0.15, -0.1) is 45.3 Å². The molecule has 0 radical (unpaired) electrons. The number of nitrogens with zero attached hydrogens (tertiary/aromatic N) is 6. The van der Waals surface area contributed by atoms with Gasteiger partial charge < -0.3 is 10.5 Å². The number of amidine groups is 1. The monoisotopic (exact) mass is 621 g/mol. The van der Waals surface area contributed by atoms with Crippen molar-refractivity contribution in [2.24, 2.45) is 15.7 Å². The molecular formula is C29H15N7O2S4. The van der Waals surface area contributed by atoms with Gasteiger partial charge in [0, 0.05) is 19.5 Å². The lowest BCUT2D eigenvalue weighted by Gasteiger charge is -2.07. The Kier molecular flexibility index (Phi) is 7.36. The third-order valence-electron chi connectivity index (χ3n) is 5.95. The van der Waals surface area contributed by atoms with Crippen molar-refractivity contribution in [1.82, 2.24) is 4.57 Å². The quantitative estimate of drug-likeness (QED) is 0.146. The highest BCUT2D eigenvalue weighted by molar-refractivity contribution is 7.33. The minimum absolute atomic E-state index is 0.112. The zero-order valence-corrected chi connectivity index (χ0v) is 24.5. The number of nitriles is 3. The normalized spacial score (nSPS) is 11.2. The predicted molar refractivity (Wildman–Crippen MR) is 169 cm³/mol. The van der Waals surface area contributed by atoms with Crippen LogP contribution in [0.25, 0.3) is 39.9 Å². The topological polar surface area (TPSA) is 153 Å². The van der Waals surface area contributed by atoms with Crippen LogP contribution in [0.15, 0.2) is 76.7 Å². The maximum atomic E-state index is 13.6. The molecule has 0 atom stereocenters. The lowest BCUT2D eigenvalue weighted by molar-refractivity contribution is 0.143. The van der Waals surface area contributed by atoms with E-state index in [1.807, 2.05) is 60.7 Å². The average Bonchev–Trinajstić information content (AvgIpc) is 3.83. The predicted octanol–water partition coefficient (Wildman–Crippen LogP) is 8.19. The minimum Gasteiger partial charge on any atom is -0.444 e. The van der Waals surface area contributed by atoms with Gasteiger partial charge in [-0.3, -0.25) is 0 Å². The van der Waals surface area contributed by atoms with Gasteiger partial charge in [0.2, 0.25) is 11.5 Å². The lowest BCUT2D eigenvalue weighted by Crippen LogP contribution is -2.12. The second-order valence-electron chi connectivity index (χ2n) is 8.59. The van der Waals surface area contributed by atoms with Crippen LogP contribution in [0, 0.1) is 34.0 Å². The number of hydrogen-bond donors (Lipinski definition) is 1. The summed E-state index contributed by atoms with van der Waals surface area (Å²) in [4.78, 5) is 25.5. The summed E-state index contributed by atoms with van der Waals surface area (Å²) >= 11 is 5.86. The zero-order chi connectivity index (χ0) is 29.2. The Bertz CT molecular complexity index is 2160. The third kappa shape index (κ3) is 5.19. The number of rotatable bonds is 6. The van der Waals surface area contributed by atoms with Gasteiger partial charge in [0.25, 0.3) is 0 Å². The molecular weight excluding hydrogens is 607 g/mol. The molecule has 0 saturated heterocycles. The zero-order valence-electron chi connectivity index (χ0n) is 21.3. The van der Waals surface area contributed by atoms with Crippen molar-refractivity contribution in [2.45, 2.75) is 6.61 Å². The van der Waals surface area contributed by atoms with Gasteiger partial charge in [0.1, 0.15) is 34.8 Å². The molecule has 13 heteroatoms. The van der Waals surface area contributed by atoms with E-state index in [1.54, 1.807) is 51.5 Å². The van der Waals surface area contributed by atoms with Crippen molar-refractivity contribution in [1.29, 1.82) is 15.8 Å². The third-order valence-corrected chi connectivity index (χ3v) is 10.7. The molecule has 5 aromatic heterocycles. The Hall–Kier alpha value is -5.10. The number of thiophene rings is 4. The van der Waals surface area contributed by atoms with Gasteiger partial charge in [0.15, 0.2) is 0 Å². The highest BCUT2D eigenvalue weighted by Gasteiger charge is 2.24. The van der Waals surface area contributed by atoms with Crippen LogP contribution in [0.1, 0.15) is 5.56 Å². The number of carbonyl (C=O) groups excluding carboxylic acids is 1. The summed E-state index contributed by atoms with van der Waals surface area (Å²) in [5.74, 6) is -0.112. The van der Waals surface area contributed by atoms with Crippen molar-refractivity contribution in [2.75, 3.05) is 0 Å². The van der Waals surface area contributed by atoms with Crippen LogP contribution in [-0.4, -0.2) is 22.2 Å². The van der Waals surface area contributed by atoms with E-state index < -0.39 is 6.09 Å². The lowest BCUT2D eigenvalue weighted by atomic mass is 10.2. The molecule has 0 fully saturated rings. The Balaban J connectivity index is 1.43. The molecule has 5 heterocycles. The van der Waals surface area contributed by atoms with Gasteiger partial charge in [-0.25, -0.2) is 19.3 Å². The minimum atomic E-state index is -0.491. The molecule has 2 N–H and O–H groups in total. The van der Waals surface area contributed by atoms with Crippen LogP contribution in [0.4, 0.5) is 14.8 Å². The molecule has 9 nitrogen and oxygen atoms in total. The largest absolute Gasteiger partial charge is 0.444 e. The number of ether oxygens (including phenoxy) is 1. The fourth-order valence-corrected chi connectivity index (χ4v) is 8.51. The Morgan fingerprint density at radius 1 is 0.762 bits per heavy atom. The van der Waals surface area contributed by atoms with Gasteiger partial charge in [-0.05, 0) is 42.0 Å². The summed E-state index contributed by atoms with van der Waals surface area (Å²) in [6, 6.07) is 26.2. The van der Waals surface area contributed by atoms with E-state index in [0.717, 1.165) is 45.5 Å². The molecule has 0 saturated carbocycles. The summed E-state index contributed by atoms with van der Waals surface area (Å²) in [5.41, 5.74) is 7.72. The second kappa shape index (κ2) is 11.4. The highest BCUT2D eigenvalue weighted by atomic mass is 32.1. The summed E-state index contributed by atoms with van der Waals surface area (Å²) < 4.78 is 9.22. The number of fused-ring (bicyclic) bond motifs is 3. The summed E-state index contributed by atoms with van der Waals surface area (Å²) in [6.45, 7) is 0.133. The summed E-state index contributed by atoms with van der Waals surface area (Å²) in [6.07, 6.45) is -0.491. The smallest absolute Gasteiger partial charge is 0.419 e. The molecule has 1 aromatic carbocycles. The fraction of sp³-hybridized carbons (Fsp3) is 0.0345. The number of hydrogen-bond acceptors (Lipinski definition) is 11. The average molecular weight is 622 g/mol. The molecule has 0 bridgehead atoms. The van der Waals surface area contributed by atoms with E-state index in [1.165, 1.54) is 22.7 Å². The SMILES string of the molecule is N#CC(N)=Nc1ccc(-c2cc3c(s2)c2sc(-c4ccc(N=C(C#N)C#N)s4)cc2n3C(=O)OCc2ccccc2)s1. The van der Waals surface area contributed by atoms with E-state index in [0.29, 0.717) is 10.0 Å². The molecule has 6 rings (SSSR count). The van der Waals surface area contributed by atoms with Crippen LogP contribution in [0.2, 0.25) is 0 Å². The molecule has 0 amide bonds. The molecule has 42 heavy (non-hydrogen) atoms. The number of carbonyl (C=O) groups is 1. The number of aliphatic imine (C=N–C) groups is 2. The number of aromatic nitrogens is 1. The molecule has 0 aliphatic rings. The van der Waals surface area contributed by atoms with Gasteiger partial charge >= 0.3 is 6.09 Å². The van der Waals surface area contributed by atoms with Crippen molar-refractivity contribution < 1.29 is 9.53 Å². The van der Waals surface area contributed by atoms with Crippen LogP contribution in [-0.2, 0) is 11.3 Å². The molecule has 0 aliphatic heterocycles. The first-order valence-corrected chi connectivity index (χ1v) is 15.4.